The number of hydrogen-bond acceptors (Lipinski definition) is 6. The Morgan fingerprint density at radius 1 is 1.09 bits per heavy atom. The van der Waals surface area contributed by atoms with Gasteiger partial charge in [0.15, 0.2) is 0 Å². The monoisotopic (exact) mass is 449 g/mol. The van der Waals surface area contributed by atoms with E-state index in [4.69, 9.17) is 4.65 Å². The molecule has 1 aromatic carbocycles. The number of benzene rings is 1. The summed E-state index contributed by atoms with van der Waals surface area (Å²) in [6.07, 6.45) is 2.17. The lowest BCUT2D eigenvalue weighted by atomic mass is 9.82. The second-order valence-electron chi connectivity index (χ2n) is 10.5. The summed E-state index contributed by atoms with van der Waals surface area (Å²) < 4.78 is 7.88. The Bertz CT molecular complexity index is 1130. The SMILES string of the molecule is Cc1nc2nc(C)c(C[C@@H]3CCN(c4ccc(BOC(C)(C)C(C)(C)O)cc4)C3)c(C)n2n1. The zero-order chi connectivity index (χ0) is 24.0. The molecule has 0 unspecified atom stereocenters. The summed E-state index contributed by atoms with van der Waals surface area (Å²) in [5.41, 5.74) is 4.34. The number of aryl methyl sites for hydroxylation is 3. The second kappa shape index (κ2) is 8.72. The van der Waals surface area contributed by atoms with Crippen molar-refractivity contribution in [3.63, 3.8) is 0 Å². The van der Waals surface area contributed by atoms with Gasteiger partial charge in [0, 0.05) is 30.2 Å². The number of nitrogens with zero attached hydrogens (tertiary/aromatic N) is 5. The molecular weight excluding hydrogens is 413 g/mol. The van der Waals surface area contributed by atoms with Crippen molar-refractivity contribution in [2.24, 2.45) is 5.92 Å². The molecule has 1 fully saturated rings. The van der Waals surface area contributed by atoms with Crippen LogP contribution in [0, 0.1) is 26.7 Å². The van der Waals surface area contributed by atoms with Crippen molar-refractivity contribution in [3.8, 4) is 0 Å². The smallest absolute Gasteiger partial charge is 0.309 e. The number of hydrogen-bond donors (Lipinski definition) is 1. The topological polar surface area (TPSA) is 75.8 Å². The van der Waals surface area contributed by atoms with E-state index >= 15 is 0 Å². The van der Waals surface area contributed by atoms with E-state index in [0.29, 0.717) is 19.2 Å². The number of aromatic nitrogens is 4. The minimum Gasteiger partial charge on any atom is -0.427 e. The van der Waals surface area contributed by atoms with Crippen LogP contribution < -0.4 is 10.4 Å². The summed E-state index contributed by atoms with van der Waals surface area (Å²) in [6.45, 7) is 15.6. The second-order valence-corrected chi connectivity index (χ2v) is 10.5. The highest BCUT2D eigenvalue weighted by molar-refractivity contribution is 6.47. The predicted molar refractivity (Wildman–Crippen MR) is 134 cm³/mol. The number of fused-ring (bicyclic) bond motifs is 1. The molecule has 176 valence electrons. The van der Waals surface area contributed by atoms with Crippen LogP contribution in [-0.4, -0.2) is 56.5 Å². The summed E-state index contributed by atoms with van der Waals surface area (Å²) in [6, 6.07) is 8.62. The van der Waals surface area contributed by atoms with Crippen LogP contribution in [0.4, 0.5) is 5.69 Å². The quantitative estimate of drug-likeness (QED) is 0.559. The molecule has 7 nitrogen and oxygen atoms in total. The van der Waals surface area contributed by atoms with E-state index in [0.717, 1.165) is 48.6 Å². The predicted octanol–water partition coefficient (Wildman–Crippen LogP) is 2.66. The van der Waals surface area contributed by atoms with Crippen molar-refractivity contribution in [2.75, 3.05) is 18.0 Å². The maximum atomic E-state index is 10.3. The fourth-order valence-corrected chi connectivity index (χ4v) is 4.37. The lowest BCUT2D eigenvalue weighted by Crippen LogP contribution is -2.49. The van der Waals surface area contributed by atoms with E-state index in [1.165, 1.54) is 11.3 Å². The molecule has 3 aromatic rings. The van der Waals surface area contributed by atoms with Crippen LogP contribution in [0.2, 0.25) is 0 Å². The molecule has 3 heterocycles. The summed E-state index contributed by atoms with van der Waals surface area (Å²) in [7, 11) is 0.482. The molecule has 0 aliphatic carbocycles. The zero-order valence-electron chi connectivity index (χ0n) is 21.0. The van der Waals surface area contributed by atoms with Crippen molar-refractivity contribution >= 4 is 24.4 Å². The zero-order valence-corrected chi connectivity index (χ0v) is 21.0. The highest BCUT2D eigenvalue weighted by Crippen LogP contribution is 2.28. The third-order valence-corrected chi connectivity index (χ3v) is 7.31. The van der Waals surface area contributed by atoms with Gasteiger partial charge in [-0.15, -0.1) is 0 Å². The van der Waals surface area contributed by atoms with Crippen molar-refractivity contribution < 1.29 is 9.76 Å². The third-order valence-electron chi connectivity index (χ3n) is 7.31. The van der Waals surface area contributed by atoms with Crippen molar-refractivity contribution in [1.82, 2.24) is 19.6 Å². The molecule has 0 bridgehead atoms. The molecule has 1 aliphatic heterocycles. The highest BCUT2D eigenvalue weighted by atomic mass is 16.5. The first-order valence-corrected chi connectivity index (χ1v) is 11.8. The fraction of sp³-hybridized carbons (Fsp3) is 0.560. The molecule has 1 saturated heterocycles. The average molecular weight is 449 g/mol. The summed E-state index contributed by atoms with van der Waals surface area (Å²) in [5, 5.41) is 14.8. The van der Waals surface area contributed by atoms with Crippen LogP contribution in [0.5, 0.6) is 0 Å². The highest BCUT2D eigenvalue weighted by Gasteiger charge is 2.35. The Kier molecular flexibility index (Phi) is 6.27. The lowest BCUT2D eigenvalue weighted by Gasteiger charge is -2.37. The molecule has 0 spiro atoms. The Morgan fingerprint density at radius 2 is 1.79 bits per heavy atom. The van der Waals surface area contributed by atoms with Crippen LogP contribution in [0.25, 0.3) is 5.78 Å². The van der Waals surface area contributed by atoms with E-state index in [9.17, 15) is 5.11 Å². The Balaban J connectivity index is 1.39. The summed E-state index contributed by atoms with van der Waals surface area (Å²) in [5.74, 6) is 2.03. The van der Waals surface area contributed by atoms with Gasteiger partial charge in [0.25, 0.3) is 5.78 Å². The van der Waals surface area contributed by atoms with Crippen LogP contribution in [0.1, 0.15) is 56.9 Å². The Morgan fingerprint density at radius 3 is 2.45 bits per heavy atom. The molecule has 1 aliphatic rings. The van der Waals surface area contributed by atoms with Crippen LogP contribution in [-0.2, 0) is 11.1 Å². The maximum Gasteiger partial charge on any atom is 0.309 e. The van der Waals surface area contributed by atoms with Crippen LogP contribution in [0.3, 0.4) is 0 Å². The normalized spacial score (nSPS) is 17.2. The first-order valence-electron chi connectivity index (χ1n) is 11.8. The van der Waals surface area contributed by atoms with Crippen molar-refractivity contribution in [2.45, 2.75) is 72.5 Å². The van der Waals surface area contributed by atoms with E-state index in [-0.39, 0.29) is 0 Å². The fourth-order valence-electron chi connectivity index (χ4n) is 4.37. The molecule has 0 amide bonds. The summed E-state index contributed by atoms with van der Waals surface area (Å²) in [4.78, 5) is 11.6. The van der Waals surface area contributed by atoms with E-state index in [2.05, 4.69) is 58.1 Å². The van der Waals surface area contributed by atoms with Gasteiger partial charge in [-0.25, -0.2) is 9.50 Å². The van der Waals surface area contributed by atoms with Gasteiger partial charge in [-0.1, -0.05) is 17.6 Å². The average Bonchev–Trinajstić information content (AvgIpc) is 3.35. The van der Waals surface area contributed by atoms with Gasteiger partial charge in [0.2, 0.25) is 0 Å². The van der Waals surface area contributed by atoms with Gasteiger partial charge in [0.1, 0.15) is 5.82 Å². The van der Waals surface area contributed by atoms with Gasteiger partial charge in [-0.05, 0) is 84.9 Å². The van der Waals surface area contributed by atoms with Crippen molar-refractivity contribution in [1.29, 1.82) is 0 Å². The minimum atomic E-state index is -0.902. The molecule has 0 saturated carbocycles. The standard InChI is InChI=1S/C25H36BN5O2/c1-16-22(17(2)31-23(27-16)28-18(3)29-31)14-19-12-13-30(15-19)21-10-8-20(9-11-21)26-33-25(6,7)24(4,5)32/h8-11,19,26,32H,12-15H2,1-7H3/t19-/m0/s1. The Labute approximate surface area is 197 Å². The molecule has 0 radical (unpaired) electrons. The molecule has 1 N–H and O–H groups in total. The van der Waals surface area contributed by atoms with Crippen LogP contribution >= 0.6 is 0 Å². The van der Waals surface area contributed by atoms with Crippen LogP contribution in [0.15, 0.2) is 24.3 Å². The van der Waals surface area contributed by atoms with Gasteiger partial charge in [-0.3, -0.25) is 0 Å². The van der Waals surface area contributed by atoms with Gasteiger partial charge < -0.3 is 14.7 Å². The molecule has 1 atom stereocenters. The lowest BCUT2D eigenvalue weighted by molar-refractivity contribution is -0.0893. The van der Waals surface area contributed by atoms with E-state index in [1.807, 2.05) is 25.3 Å². The number of aliphatic hydroxyl groups is 1. The first kappa shape index (κ1) is 23.7. The van der Waals surface area contributed by atoms with E-state index in [1.54, 1.807) is 13.8 Å². The minimum absolute atomic E-state index is 0.482. The summed E-state index contributed by atoms with van der Waals surface area (Å²) >= 11 is 0. The van der Waals surface area contributed by atoms with Gasteiger partial charge in [0.05, 0.1) is 11.2 Å². The molecule has 2 aromatic heterocycles. The molecule has 8 heteroatoms. The van der Waals surface area contributed by atoms with Gasteiger partial charge >= 0.3 is 7.48 Å². The van der Waals surface area contributed by atoms with Crippen molar-refractivity contribution in [3.05, 3.63) is 47.0 Å². The third kappa shape index (κ3) is 4.92. The largest absolute Gasteiger partial charge is 0.427 e. The maximum absolute atomic E-state index is 10.3. The number of rotatable bonds is 7. The number of anilines is 1. The van der Waals surface area contributed by atoms with Gasteiger partial charge in [-0.2, -0.15) is 10.1 Å². The molecular formula is C25H36BN5O2. The Hall–Kier alpha value is -2.45. The first-order chi connectivity index (χ1) is 15.4. The molecule has 33 heavy (non-hydrogen) atoms. The molecule has 4 rings (SSSR count). The van der Waals surface area contributed by atoms with E-state index < -0.39 is 11.2 Å².